The number of amides is 1. The number of anilines is 5. The van der Waals surface area contributed by atoms with Crippen molar-refractivity contribution in [3.63, 3.8) is 0 Å². The monoisotopic (exact) mass is 647 g/mol. The summed E-state index contributed by atoms with van der Waals surface area (Å²) in [5.74, 6) is 3.92. The highest BCUT2D eigenvalue weighted by atomic mass is 16.7. The number of aromatic nitrogens is 2. The van der Waals surface area contributed by atoms with Crippen molar-refractivity contribution in [1.29, 1.82) is 0 Å². The molecule has 1 unspecified atom stereocenters. The van der Waals surface area contributed by atoms with Crippen molar-refractivity contribution in [2.24, 2.45) is 5.92 Å². The van der Waals surface area contributed by atoms with Crippen LogP contribution in [0.3, 0.4) is 0 Å². The summed E-state index contributed by atoms with van der Waals surface area (Å²) in [5, 5.41) is 8.23. The standard InChI is InChI=1S/C37H41N7O4/c1-3-37(45)41-30-21-31(34(46-2)22-33(30)43-17-15-42(16-18-43)24-26-12-13-26)40-35-23-36(39-25-38-35)44-32(14-19-47-44)27-8-7-11-29(20-27)48-28-9-5-4-6-10-28/h3-11,20-23,25-26,32H,1,12-19,24H2,2H3,(H,41,45)(H,38,39,40). The Balaban J connectivity index is 1.11. The minimum Gasteiger partial charge on any atom is -0.494 e. The lowest BCUT2D eigenvalue weighted by Gasteiger charge is -2.37. The fraction of sp³-hybridized carbons (Fsp3) is 0.324. The van der Waals surface area contributed by atoms with E-state index in [4.69, 9.17) is 14.3 Å². The van der Waals surface area contributed by atoms with Gasteiger partial charge in [0.1, 0.15) is 29.4 Å². The van der Waals surface area contributed by atoms with E-state index in [9.17, 15) is 4.79 Å². The molecular formula is C37H41N7O4. The van der Waals surface area contributed by atoms with Crippen molar-refractivity contribution in [2.75, 3.05) is 67.0 Å². The number of nitrogens with zero attached hydrogens (tertiary/aromatic N) is 5. The molecule has 1 amide bonds. The van der Waals surface area contributed by atoms with E-state index < -0.39 is 0 Å². The third kappa shape index (κ3) is 7.37. The van der Waals surface area contributed by atoms with Gasteiger partial charge in [-0.15, -0.1) is 0 Å². The minimum absolute atomic E-state index is 0.0636. The van der Waals surface area contributed by atoms with Crippen LogP contribution in [0.4, 0.5) is 28.7 Å². The van der Waals surface area contributed by atoms with Gasteiger partial charge in [0.2, 0.25) is 5.91 Å². The molecule has 0 bridgehead atoms. The zero-order valence-electron chi connectivity index (χ0n) is 27.2. The molecule has 4 aromatic rings. The molecule has 1 aliphatic carbocycles. The maximum Gasteiger partial charge on any atom is 0.247 e. The summed E-state index contributed by atoms with van der Waals surface area (Å²) in [6.07, 6.45) is 6.27. The Morgan fingerprint density at radius 1 is 0.958 bits per heavy atom. The van der Waals surface area contributed by atoms with Crippen LogP contribution in [0.25, 0.3) is 0 Å². The largest absolute Gasteiger partial charge is 0.494 e. The molecule has 3 aromatic carbocycles. The van der Waals surface area contributed by atoms with Crippen LogP contribution in [0.1, 0.15) is 30.9 Å². The zero-order chi connectivity index (χ0) is 32.9. The lowest BCUT2D eigenvalue weighted by atomic mass is 10.0. The molecule has 0 spiro atoms. The molecule has 3 heterocycles. The molecule has 2 saturated heterocycles. The highest BCUT2D eigenvalue weighted by Crippen LogP contribution is 2.40. The molecule has 2 aliphatic heterocycles. The van der Waals surface area contributed by atoms with E-state index in [1.54, 1.807) is 7.11 Å². The summed E-state index contributed by atoms with van der Waals surface area (Å²) >= 11 is 0. The van der Waals surface area contributed by atoms with E-state index in [0.29, 0.717) is 35.4 Å². The second-order valence-electron chi connectivity index (χ2n) is 12.3. The van der Waals surface area contributed by atoms with Crippen LogP contribution in [0, 0.1) is 5.92 Å². The van der Waals surface area contributed by atoms with Gasteiger partial charge in [-0.3, -0.25) is 14.5 Å². The van der Waals surface area contributed by atoms with Gasteiger partial charge in [0.25, 0.3) is 0 Å². The molecule has 11 heteroatoms. The van der Waals surface area contributed by atoms with E-state index in [1.807, 2.05) is 71.8 Å². The second-order valence-corrected chi connectivity index (χ2v) is 12.3. The summed E-state index contributed by atoms with van der Waals surface area (Å²) in [6, 6.07) is 23.4. The Kier molecular flexibility index (Phi) is 9.39. The molecule has 2 N–H and O–H groups in total. The smallest absolute Gasteiger partial charge is 0.247 e. The first kappa shape index (κ1) is 31.5. The third-order valence-corrected chi connectivity index (χ3v) is 8.96. The molecule has 3 aliphatic rings. The number of carbonyl (C=O) groups excluding carboxylic acids is 1. The van der Waals surface area contributed by atoms with Gasteiger partial charge < -0.3 is 25.0 Å². The average Bonchev–Trinajstić information content (AvgIpc) is 3.80. The van der Waals surface area contributed by atoms with Crippen molar-refractivity contribution in [1.82, 2.24) is 14.9 Å². The van der Waals surface area contributed by atoms with Gasteiger partial charge in [0.15, 0.2) is 5.82 Å². The summed E-state index contributed by atoms with van der Waals surface area (Å²) in [5.41, 5.74) is 3.30. The predicted molar refractivity (Wildman–Crippen MR) is 187 cm³/mol. The maximum atomic E-state index is 12.5. The number of nitrogens with one attached hydrogen (secondary N) is 2. The molecule has 11 nitrogen and oxygen atoms in total. The number of carbonyl (C=O) groups is 1. The fourth-order valence-corrected chi connectivity index (χ4v) is 6.30. The third-order valence-electron chi connectivity index (χ3n) is 8.96. The first-order valence-corrected chi connectivity index (χ1v) is 16.5. The molecule has 0 radical (unpaired) electrons. The molecule has 1 atom stereocenters. The van der Waals surface area contributed by atoms with Crippen LogP contribution in [0.2, 0.25) is 0 Å². The molecule has 7 rings (SSSR count). The summed E-state index contributed by atoms with van der Waals surface area (Å²) in [4.78, 5) is 32.5. The second kappa shape index (κ2) is 14.3. The maximum absolute atomic E-state index is 12.5. The van der Waals surface area contributed by atoms with Gasteiger partial charge in [0.05, 0.1) is 36.8 Å². The SMILES string of the molecule is C=CC(=O)Nc1cc(Nc2cc(N3OCCC3c3cccc(Oc4ccccc4)c3)ncn2)c(OC)cc1N1CCN(CC2CC2)CC1. The first-order chi connectivity index (χ1) is 23.6. The van der Waals surface area contributed by atoms with Crippen LogP contribution in [0.15, 0.2) is 91.8 Å². The average molecular weight is 648 g/mol. The van der Waals surface area contributed by atoms with Crippen LogP contribution < -0.4 is 30.1 Å². The Morgan fingerprint density at radius 3 is 2.54 bits per heavy atom. The molecular weight excluding hydrogens is 606 g/mol. The number of piperazine rings is 1. The van der Waals surface area contributed by atoms with E-state index in [-0.39, 0.29) is 11.9 Å². The number of ether oxygens (including phenoxy) is 2. The van der Waals surface area contributed by atoms with Crippen LogP contribution >= 0.6 is 0 Å². The molecule has 1 saturated carbocycles. The van der Waals surface area contributed by atoms with Crippen molar-refractivity contribution < 1.29 is 19.1 Å². The van der Waals surface area contributed by atoms with Gasteiger partial charge in [-0.1, -0.05) is 36.9 Å². The molecule has 48 heavy (non-hydrogen) atoms. The van der Waals surface area contributed by atoms with Gasteiger partial charge >= 0.3 is 0 Å². The van der Waals surface area contributed by atoms with Gasteiger partial charge in [-0.2, -0.15) is 0 Å². The summed E-state index contributed by atoms with van der Waals surface area (Å²) in [7, 11) is 1.64. The van der Waals surface area contributed by atoms with Crippen LogP contribution in [-0.4, -0.2) is 67.2 Å². The summed E-state index contributed by atoms with van der Waals surface area (Å²) < 4.78 is 11.9. The van der Waals surface area contributed by atoms with Crippen LogP contribution in [-0.2, 0) is 9.63 Å². The normalized spacial score (nSPS) is 18.0. The summed E-state index contributed by atoms with van der Waals surface area (Å²) in [6.45, 7) is 9.10. The van der Waals surface area contributed by atoms with Crippen molar-refractivity contribution >= 4 is 34.6 Å². The Morgan fingerprint density at radius 2 is 1.77 bits per heavy atom. The van der Waals surface area contributed by atoms with Crippen LogP contribution in [0.5, 0.6) is 17.2 Å². The molecule has 248 valence electrons. The fourth-order valence-electron chi connectivity index (χ4n) is 6.30. The Hall–Kier alpha value is -5.13. The van der Waals surface area contributed by atoms with Gasteiger partial charge in [0, 0.05) is 51.3 Å². The Bertz CT molecular complexity index is 1740. The lowest BCUT2D eigenvalue weighted by molar-refractivity contribution is -0.111. The lowest BCUT2D eigenvalue weighted by Crippen LogP contribution is -2.47. The quantitative estimate of drug-likeness (QED) is 0.164. The number of benzene rings is 3. The number of hydroxylamine groups is 1. The first-order valence-electron chi connectivity index (χ1n) is 16.5. The number of rotatable bonds is 12. The molecule has 1 aromatic heterocycles. The van der Waals surface area contributed by atoms with Gasteiger partial charge in [-0.05, 0) is 60.7 Å². The van der Waals surface area contributed by atoms with E-state index in [2.05, 4.69) is 43.0 Å². The number of hydrogen-bond donors (Lipinski definition) is 2. The predicted octanol–water partition coefficient (Wildman–Crippen LogP) is 6.56. The van der Waals surface area contributed by atoms with Crippen molar-refractivity contribution in [3.8, 4) is 17.2 Å². The minimum atomic E-state index is -0.278. The highest BCUT2D eigenvalue weighted by Gasteiger charge is 2.30. The van der Waals surface area contributed by atoms with Crippen molar-refractivity contribution in [3.05, 3.63) is 97.3 Å². The highest BCUT2D eigenvalue weighted by molar-refractivity contribution is 6.02. The molecule has 3 fully saturated rings. The number of methoxy groups -OCH3 is 1. The van der Waals surface area contributed by atoms with Crippen molar-refractivity contribution in [2.45, 2.75) is 25.3 Å². The van der Waals surface area contributed by atoms with E-state index in [0.717, 1.165) is 61.3 Å². The van der Waals surface area contributed by atoms with E-state index >= 15 is 0 Å². The van der Waals surface area contributed by atoms with Gasteiger partial charge in [-0.25, -0.2) is 15.0 Å². The topological polar surface area (TPSA) is 104 Å². The number of hydrogen-bond acceptors (Lipinski definition) is 10. The zero-order valence-corrected chi connectivity index (χ0v) is 27.2. The number of para-hydroxylation sites is 1. The van der Waals surface area contributed by atoms with E-state index in [1.165, 1.54) is 31.8 Å². The Labute approximate surface area is 281 Å².